The monoisotopic (exact) mass is 344 g/mol. The molecule has 0 radical (unpaired) electrons. The van der Waals surface area contributed by atoms with E-state index in [1.165, 1.54) is 0 Å². The van der Waals surface area contributed by atoms with E-state index in [0.717, 1.165) is 58.7 Å². The summed E-state index contributed by atoms with van der Waals surface area (Å²) in [5.41, 5.74) is 1.99. The summed E-state index contributed by atoms with van der Waals surface area (Å²) in [5, 5.41) is 0.946. The molecule has 0 atom stereocenters. The van der Waals surface area contributed by atoms with Crippen LogP contribution in [0.2, 0.25) is 0 Å². The summed E-state index contributed by atoms with van der Waals surface area (Å²) in [6, 6.07) is 7.89. The van der Waals surface area contributed by atoms with Crippen molar-refractivity contribution in [2.75, 3.05) is 20.2 Å². The molecule has 1 amide bonds. The number of piperidine rings is 1. The van der Waals surface area contributed by atoms with Gasteiger partial charge in [0.05, 0.1) is 19.2 Å². The third-order valence-electron chi connectivity index (χ3n) is 4.66. The van der Waals surface area contributed by atoms with E-state index in [1.807, 2.05) is 36.1 Å². The number of rotatable bonds is 4. The van der Waals surface area contributed by atoms with Gasteiger partial charge in [0.25, 0.3) is 0 Å². The van der Waals surface area contributed by atoms with Crippen molar-refractivity contribution in [1.82, 2.24) is 9.88 Å². The van der Waals surface area contributed by atoms with Crippen LogP contribution in [0.25, 0.3) is 10.6 Å². The summed E-state index contributed by atoms with van der Waals surface area (Å²) < 4.78 is 5.28. The standard InChI is InChI=1S/C19H24N2O2S/c1-13-7-9-21(10-8-13)18(22)12-17-14(2)20-19(24-17)15-5-4-6-16(11-15)23-3/h4-6,11,13H,7-10,12H2,1-3H3. The molecule has 0 unspecified atom stereocenters. The molecule has 3 rings (SSSR count). The summed E-state index contributed by atoms with van der Waals surface area (Å²) in [7, 11) is 1.66. The molecule has 1 aliphatic heterocycles. The molecule has 0 N–H and O–H groups in total. The van der Waals surface area contributed by atoms with Gasteiger partial charge in [-0.15, -0.1) is 11.3 Å². The molecule has 1 aliphatic rings. The molecule has 128 valence electrons. The molecular weight excluding hydrogens is 320 g/mol. The van der Waals surface area contributed by atoms with E-state index in [4.69, 9.17) is 4.74 Å². The summed E-state index contributed by atoms with van der Waals surface area (Å²) in [6.45, 7) is 6.03. The van der Waals surface area contributed by atoms with Crippen LogP contribution in [-0.4, -0.2) is 36.0 Å². The second kappa shape index (κ2) is 7.34. The van der Waals surface area contributed by atoms with Crippen LogP contribution >= 0.6 is 11.3 Å². The number of benzene rings is 1. The minimum Gasteiger partial charge on any atom is -0.497 e. The van der Waals surface area contributed by atoms with Crippen LogP contribution in [0.3, 0.4) is 0 Å². The fourth-order valence-electron chi connectivity index (χ4n) is 2.98. The van der Waals surface area contributed by atoms with Crippen LogP contribution in [0.15, 0.2) is 24.3 Å². The van der Waals surface area contributed by atoms with Crippen LogP contribution in [0.5, 0.6) is 5.75 Å². The largest absolute Gasteiger partial charge is 0.497 e. The Morgan fingerprint density at radius 2 is 2.12 bits per heavy atom. The number of amides is 1. The van der Waals surface area contributed by atoms with Gasteiger partial charge in [-0.3, -0.25) is 4.79 Å². The first-order valence-electron chi connectivity index (χ1n) is 8.45. The highest BCUT2D eigenvalue weighted by Crippen LogP contribution is 2.30. The smallest absolute Gasteiger partial charge is 0.227 e. The van der Waals surface area contributed by atoms with E-state index < -0.39 is 0 Å². The molecule has 4 nitrogen and oxygen atoms in total. The number of likely N-dealkylation sites (tertiary alicyclic amines) is 1. The average Bonchev–Trinajstić information content (AvgIpc) is 2.96. The normalized spacial score (nSPS) is 15.5. The van der Waals surface area contributed by atoms with Crippen molar-refractivity contribution in [3.8, 4) is 16.3 Å². The van der Waals surface area contributed by atoms with Crippen molar-refractivity contribution >= 4 is 17.2 Å². The van der Waals surface area contributed by atoms with Crippen LogP contribution in [0.1, 0.15) is 30.3 Å². The molecule has 0 aliphatic carbocycles. The zero-order valence-electron chi connectivity index (χ0n) is 14.5. The second-order valence-corrected chi connectivity index (χ2v) is 7.58. The first-order chi connectivity index (χ1) is 11.6. The Balaban J connectivity index is 1.73. The predicted octanol–water partition coefficient (Wildman–Crippen LogP) is 3.93. The van der Waals surface area contributed by atoms with E-state index in [0.29, 0.717) is 6.42 Å². The van der Waals surface area contributed by atoms with Crippen LogP contribution in [0.4, 0.5) is 0 Å². The number of hydrogen-bond donors (Lipinski definition) is 0. The third kappa shape index (κ3) is 3.78. The minimum absolute atomic E-state index is 0.228. The van der Waals surface area contributed by atoms with Crippen LogP contribution < -0.4 is 4.74 Å². The summed E-state index contributed by atoms with van der Waals surface area (Å²) in [5.74, 6) is 1.78. The topological polar surface area (TPSA) is 42.4 Å². The average molecular weight is 344 g/mol. The maximum Gasteiger partial charge on any atom is 0.227 e. The van der Waals surface area contributed by atoms with E-state index in [1.54, 1.807) is 18.4 Å². The fourth-order valence-corrected chi connectivity index (χ4v) is 4.03. The van der Waals surface area contributed by atoms with Crippen molar-refractivity contribution < 1.29 is 9.53 Å². The van der Waals surface area contributed by atoms with Crippen LogP contribution in [-0.2, 0) is 11.2 Å². The zero-order valence-corrected chi connectivity index (χ0v) is 15.4. The van der Waals surface area contributed by atoms with E-state index in [2.05, 4.69) is 11.9 Å². The molecule has 1 aromatic carbocycles. The lowest BCUT2D eigenvalue weighted by atomic mass is 9.99. The van der Waals surface area contributed by atoms with Gasteiger partial charge in [-0.2, -0.15) is 0 Å². The number of aromatic nitrogens is 1. The fraction of sp³-hybridized carbons (Fsp3) is 0.474. The lowest BCUT2D eigenvalue weighted by molar-refractivity contribution is -0.131. The molecular formula is C19H24N2O2S. The molecule has 0 bridgehead atoms. The van der Waals surface area contributed by atoms with Gasteiger partial charge in [0.15, 0.2) is 0 Å². The van der Waals surface area contributed by atoms with Crippen molar-refractivity contribution in [1.29, 1.82) is 0 Å². The summed E-state index contributed by atoms with van der Waals surface area (Å²) in [6.07, 6.45) is 2.69. The molecule has 1 aromatic heterocycles. The maximum absolute atomic E-state index is 12.6. The number of thiazole rings is 1. The van der Waals surface area contributed by atoms with Crippen molar-refractivity contribution in [2.45, 2.75) is 33.1 Å². The predicted molar refractivity (Wildman–Crippen MR) is 97.5 cm³/mol. The molecule has 2 aromatic rings. The Morgan fingerprint density at radius 1 is 1.38 bits per heavy atom. The summed E-state index contributed by atoms with van der Waals surface area (Å²) >= 11 is 1.61. The lowest BCUT2D eigenvalue weighted by Gasteiger charge is -2.30. The Bertz CT molecular complexity index is 718. The van der Waals surface area contributed by atoms with Crippen molar-refractivity contribution in [3.05, 3.63) is 34.8 Å². The number of ether oxygens (including phenoxy) is 1. The minimum atomic E-state index is 0.228. The molecule has 0 spiro atoms. The highest BCUT2D eigenvalue weighted by molar-refractivity contribution is 7.15. The van der Waals surface area contributed by atoms with Gasteiger partial charge in [0.2, 0.25) is 5.91 Å². The second-order valence-electron chi connectivity index (χ2n) is 6.50. The Hall–Kier alpha value is -1.88. The van der Waals surface area contributed by atoms with Gasteiger partial charge in [-0.25, -0.2) is 4.98 Å². The van der Waals surface area contributed by atoms with Gasteiger partial charge < -0.3 is 9.64 Å². The van der Waals surface area contributed by atoms with Crippen LogP contribution in [0, 0.1) is 12.8 Å². The number of carbonyl (C=O) groups is 1. The Labute approximate surface area is 147 Å². The Morgan fingerprint density at radius 3 is 2.83 bits per heavy atom. The van der Waals surface area contributed by atoms with Gasteiger partial charge in [0, 0.05) is 23.5 Å². The van der Waals surface area contributed by atoms with Crippen molar-refractivity contribution in [2.24, 2.45) is 5.92 Å². The first kappa shape index (κ1) is 17.0. The third-order valence-corrected chi connectivity index (χ3v) is 5.86. The molecule has 2 heterocycles. The molecule has 5 heteroatoms. The van der Waals surface area contributed by atoms with E-state index in [9.17, 15) is 4.79 Å². The number of hydrogen-bond acceptors (Lipinski definition) is 4. The van der Waals surface area contributed by atoms with Gasteiger partial charge in [-0.05, 0) is 37.8 Å². The zero-order chi connectivity index (χ0) is 17.1. The van der Waals surface area contributed by atoms with Gasteiger partial charge >= 0.3 is 0 Å². The quantitative estimate of drug-likeness (QED) is 0.844. The number of nitrogens with zero attached hydrogens (tertiary/aromatic N) is 2. The lowest BCUT2D eigenvalue weighted by Crippen LogP contribution is -2.38. The SMILES string of the molecule is COc1cccc(-c2nc(C)c(CC(=O)N3CCC(C)CC3)s2)c1. The van der Waals surface area contributed by atoms with Gasteiger partial charge in [0.1, 0.15) is 10.8 Å². The maximum atomic E-state index is 12.6. The van der Waals surface area contributed by atoms with E-state index in [-0.39, 0.29) is 5.91 Å². The van der Waals surface area contributed by atoms with Crippen molar-refractivity contribution in [3.63, 3.8) is 0 Å². The summed E-state index contributed by atoms with van der Waals surface area (Å²) in [4.78, 5) is 20.3. The number of methoxy groups -OCH3 is 1. The van der Waals surface area contributed by atoms with Gasteiger partial charge in [-0.1, -0.05) is 19.1 Å². The van der Waals surface area contributed by atoms with E-state index >= 15 is 0 Å². The molecule has 0 saturated carbocycles. The highest BCUT2D eigenvalue weighted by atomic mass is 32.1. The first-order valence-corrected chi connectivity index (χ1v) is 9.27. The number of aryl methyl sites for hydroxylation is 1. The molecule has 24 heavy (non-hydrogen) atoms. The molecule has 1 saturated heterocycles. The Kier molecular flexibility index (Phi) is 5.19. The number of carbonyl (C=O) groups excluding carboxylic acids is 1. The highest BCUT2D eigenvalue weighted by Gasteiger charge is 2.22. The molecule has 1 fully saturated rings.